The van der Waals surface area contributed by atoms with Gasteiger partial charge in [-0.3, -0.25) is 14.5 Å². The Morgan fingerprint density at radius 1 is 1.07 bits per heavy atom. The quantitative estimate of drug-likeness (QED) is 0.693. The van der Waals surface area contributed by atoms with Crippen molar-refractivity contribution in [3.05, 3.63) is 48.0 Å². The molecule has 2 N–H and O–H groups in total. The summed E-state index contributed by atoms with van der Waals surface area (Å²) in [6.45, 7) is 4.84. The van der Waals surface area contributed by atoms with Crippen LogP contribution in [-0.2, 0) is 16.1 Å². The molecule has 2 rings (SSSR count). The first-order chi connectivity index (χ1) is 13.4. The molecule has 2 aromatic rings. The first-order valence-corrected chi connectivity index (χ1v) is 9.07. The second kappa shape index (κ2) is 10.3. The van der Waals surface area contributed by atoms with Crippen molar-refractivity contribution in [2.75, 3.05) is 37.9 Å². The SMILES string of the molecule is CCOc1ccc(CN(C)CC(=O)Nc2cc(NC(C)=O)ccc2OC)cc1. The predicted octanol–water partition coefficient (Wildman–Crippen LogP) is 3.12. The van der Waals surface area contributed by atoms with Crippen LogP contribution in [0.2, 0.25) is 0 Å². The molecule has 0 heterocycles. The number of carbonyl (C=O) groups excluding carboxylic acids is 2. The topological polar surface area (TPSA) is 79.9 Å². The number of hydrogen-bond donors (Lipinski definition) is 2. The van der Waals surface area contributed by atoms with Gasteiger partial charge in [0.1, 0.15) is 11.5 Å². The van der Waals surface area contributed by atoms with Crippen molar-refractivity contribution >= 4 is 23.2 Å². The van der Waals surface area contributed by atoms with Crippen LogP contribution in [0.4, 0.5) is 11.4 Å². The van der Waals surface area contributed by atoms with Gasteiger partial charge in [-0.15, -0.1) is 0 Å². The van der Waals surface area contributed by atoms with Gasteiger partial charge < -0.3 is 20.1 Å². The number of nitrogens with one attached hydrogen (secondary N) is 2. The second-order valence-electron chi connectivity index (χ2n) is 6.39. The van der Waals surface area contributed by atoms with Gasteiger partial charge in [-0.25, -0.2) is 0 Å². The molecule has 0 bridgehead atoms. The van der Waals surface area contributed by atoms with Crippen LogP contribution in [0.5, 0.6) is 11.5 Å². The van der Waals surface area contributed by atoms with Crippen LogP contribution in [0.3, 0.4) is 0 Å². The molecule has 0 unspecified atom stereocenters. The standard InChI is InChI=1S/C21H27N3O4/c1-5-28-18-9-6-16(7-10-18)13-24(3)14-21(26)23-19-12-17(22-15(2)25)8-11-20(19)27-4/h6-12H,5,13-14H2,1-4H3,(H,22,25)(H,23,26). The zero-order chi connectivity index (χ0) is 20.5. The minimum absolute atomic E-state index is 0.174. The van der Waals surface area contributed by atoms with Crippen LogP contribution in [0.25, 0.3) is 0 Å². The Balaban J connectivity index is 1.96. The zero-order valence-corrected chi connectivity index (χ0v) is 16.7. The smallest absolute Gasteiger partial charge is 0.238 e. The summed E-state index contributed by atoms with van der Waals surface area (Å²) in [5.41, 5.74) is 2.18. The number of benzene rings is 2. The maximum Gasteiger partial charge on any atom is 0.238 e. The molecule has 0 saturated heterocycles. The van der Waals surface area contributed by atoms with Gasteiger partial charge in [-0.05, 0) is 49.9 Å². The Labute approximate surface area is 165 Å². The fourth-order valence-electron chi connectivity index (χ4n) is 2.75. The second-order valence-corrected chi connectivity index (χ2v) is 6.39. The monoisotopic (exact) mass is 385 g/mol. The van der Waals surface area contributed by atoms with Crippen LogP contribution in [-0.4, -0.2) is 44.0 Å². The molecule has 2 amide bonds. The number of likely N-dealkylation sites (N-methyl/N-ethyl adjacent to an activating group) is 1. The molecule has 0 aliphatic carbocycles. The Kier molecular flexibility index (Phi) is 7.83. The van der Waals surface area contributed by atoms with Gasteiger partial charge in [-0.1, -0.05) is 12.1 Å². The highest BCUT2D eigenvalue weighted by Crippen LogP contribution is 2.27. The van der Waals surface area contributed by atoms with Gasteiger partial charge in [0.15, 0.2) is 0 Å². The lowest BCUT2D eigenvalue weighted by Gasteiger charge is -2.18. The minimum Gasteiger partial charge on any atom is -0.495 e. The van der Waals surface area contributed by atoms with E-state index in [1.165, 1.54) is 14.0 Å². The van der Waals surface area contributed by atoms with E-state index < -0.39 is 0 Å². The summed E-state index contributed by atoms with van der Waals surface area (Å²) in [6.07, 6.45) is 0. The molecule has 28 heavy (non-hydrogen) atoms. The van der Waals surface area contributed by atoms with Crippen molar-refractivity contribution in [1.29, 1.82) is 0 Å². The van der Waals surface area contributed by atoms with Crippen molar-refractivity contribution in [3.8, 4) is 11.5 Å². The summed E-state index contributed by atoms with van der Waals surface area (Å²) >= 11 is 0. The summed E-state index contributed by atoms with van der Waals surface area (Å²) in [4.78, 5) is 25.6. The molecule has 0 saturated carbocycles. The van der Waals surface area contributed by atoms with Gasteiger partial charge in [0, 0.05) is 19.2 Å². The number of rotatable bonds is 9. The van der Waals surface area contributed by atoms with Crippen LogP contribution < -0.4 is 20.1 Å². The summed E-state index contributed by atoms with van der Waals surface area (Å²) < 4.78 is 10.7. The fraction of sp³-hybridized carbons (Fsp3) is 0.333. The molecule has 0 atom stereocenters. The molecule has 0 aromatic heterocycles. The van der Waals surface area contributed by atoms with E-state index in [0.717, 1.165) is 11.3 Å². The molecule has 7 heteroatoms. The maximum atomic E-state index is 12.4. The average molecular weight is 385 g/mol. The molecule has 0 fully saturated rings. The Morgan fingerprint density at radius 2 is 1.79 bits per heavy atom. The van der Waals surface area contributed by atoms with E-state index in [2.05, 4.69) is 10.6 Å². The van der Waals surface area contributed by atoms with Gasteiger partial charge in [-0.2, -0.15) is 0 Å². The Morgan fingerprint density at radius 3 is 2.39 bits per heavy atom. The van der Waals surface area contributed by atoms with E-state index in [-0.39, 0.29) is 18.4 Å². The largest absolute Gasteiger partial charge is 0.495 e. The predicted molar refractivity (Wildman–Crippen MR) is 110 cm³/mol. The minimum atomic E-state index is -0.183. The first kappa shape index (κ1) is 21.2. The number of amides is 2. The summed E-state index contributed by atoms with van der Waals surface area (Å²) in [6, 6.07) is 12.9. The van der Waals surface area contributed by atoms with Crippen LogP contribution in [0, 0.1) is 0 Å². The van der Waals surface area contributed by atoms with E-state index in [1.807, 2.05) is 43.1 Å². The van der Waals surface area contributed by atoms with E-state index in [4.69, 9.17) is 9.47 Å². The number of carbonyl (C=O) groups is 2. The highest BCUT2D eigenvalue weighted by Gasteiger charge is 2.12. The van der Waals surface area contributed by atoms with Crippen LogP contribution in [0.15, 0.2) is 42.5 Å². The van der Waals surface area contributed by atoms with E-state index in [1.54, 1.807) is 18.2 Å². The highest BCUT2D eigenvalue weighted by molar-refractivity contribution is 5.95. The highest BCUT2D eigenvalue weighted by atomic mass is 16.5. The van der Waals surface area contributed by atoms with E-state index >= 15 is 0 Å². The van der Waals surface area contributed by atoms with E-state index in [9.17, 15) is 9.59 Å². The van der Waals surface area contributed by atoms with E-state index in [0.29, 0.717) is 30.3 Å². The van der Waals surface area contributed by atoms with Gasteiger partial charge >= 0.3 is 0 Å². The molecule has 0 spiro atoms. The number of ether oxygens (including phenoxy) is 2. The molecule has 0 radical (unpaired) electrons. The number of methoxy groups -OCH3 is 1. The summed E-state index contributed by atoms with van der Waals surface area (Å²) in [5.74, 6) is 0.999. The number of hydrogen-bond acceptors (Lipinski definition) is 5. The first-order valence-electron chi connectivity index (χ1n) is 9.07. The van der Waals surface area contributed by atoms with Crippen molar-refractivity contribution in [2.45, 2.75) is 20.4 Å². The van der Waals surface area contributed by atoms with Crippen molar-refractivity contribution < 1.29 is 19.1 Å². The molecular formula is C21H27N3O4. The van der Waals surface area contributed by atoms with Gasteiger partial charge in [0.05, 0.1) is 25.9 Å². The normalized spacial score (nSPS) is 10.5. The number of anilines is 2. The van der Waals surface area contributed by atoms with Crippen molar-refractivity contribution in [2.24, 2.45) is 0 Å². The van der Waals surface area contributed by atoms with Crippen LogP contribution in [0.1, 0.15) is 19.4 Å². The number of nitrogens with zero attached hydrogens (tertiary/aromatic N) is 1. The molecule has 0 aliphatic heterocycles. The van der Waals surface area contributed by atoms with Crippen LogP contribution >= 0.6 is 0 Å². The molecular weight excluding hydrogens is 358 g/mol. The lowest BCUT2D eigenvalue weighted by Crippen LogP contribution is -2.30. The lowest BCUT2D eigenvalue weighted by atomic mass is 10.2. The van der Waals surface area contributed by atoms with Crippen molar-refractivity contribution in [1.82, 2.24) is 4.90 Å². The zero-order valence-electron chi connectivity index (χ0n) is 16.7. The summed E-state index contributed by atoms with van der Waals surface area (Å²) in [7, 11) is 3.40. The average Bonchev–Trinajstić information content (AvgIpc) is 2.63. The lowest BCUT2D eigenvalue weighted by molar-refractivity contribution is -0.117. The molecule has 150 valence electrons. The van der Waals surface area contributed by atoms with Crippen molar-refractivity contribution in [3.63, 3.8) is 0 Å². The molecule has 7 nitrogen and oxygen atoms in total. The maximum absolute atomic E-state index is 12.4. The fourth-order valence-corrected chi connectivity index (χ4v) is 2.75. The Hall–Kier alpha value is -3.06. The summed E-state index contributed by atoms with van der Waals surface area (Å²) in [5, 5.41) is 5.53. The Bertz CT molecular complexity index is 806. The third-order valence-corrected chi connectivity index (χ3v) is 3.89. The molecule has 0 aliphatic rings. The van der Waals surface area contributed by atoms with Gasteiger partial charge in [0.25, 0.3) is 0 Å². The third-order valence-electron chi connectivity index (χ3n) is 3.89. The van der Waals surface area contributed by atoms with Gasteiger partial charge in [0.2, 0.25) is 11.8 Å². The third kappa shape index (κ3) is 6.59. The molecule has 2 aromatic carbocycles.